The predicted octanol–water partition coefficient (Wildman–Crippen LogP) is 24.8. The van der Waals surface area contributed by atoms with Crippen molar-refractivity contribution in [1.82, 2.24) is 0 Å². The molecule has 18 heteroatoms. The van der Waals surface area contributed by atoms with Gasteiger partial charge in [-0.15, -0.1) is 0 Å². The molecule has 0 amide bonds. The first-order chi connectivity index (χ1) is 52.2. The average molecular weight is 1540 g/mol. The summed E-state index contributed by atoms with van der Waals surface area (Å²) in [5, 5.41) is 20.7. The maximum absolute atomic E-state index is 13.0. The number of allylic oxidation sites excluding steroid dienone is 28. The highest BCUT2D eigenvalue weighted by molar-refractivity contribution is 7.47. The molecule has 0 aromatic carbocycles. The first-order valence-electron chi connectivity index (χ1n) is 41.4. The van der Waals surface area contributed by atoms with Crippen LogP contribution in [0.5, 0.6) is 0 Å². The van der Waals surface area contributed by atoms with Crippen LogP contribution in [0.2, 0.25) is 0 Å². The zero-order chi connectivity index (χ0) is 78.0. The summed E-state index contributed by atoms with van der Waals surface area (Å²) in [5.41, 5.74) is 0. The first-order valence-corrected chi connectivity index (χ1v) is 44.4. The van der Waals surface area contributed by atoms with E-state index in [0.29, 0.717) is 19.3 Å². The normalized spacial score (nSPS) is 14.8. The zero-order valence-electron chi connectivity index (χ0n) is 66.7. The van der Waals surface area contributed by atoms with E-state index in [1.165, 1.54) is 103 Å². The Hall–Kier alpha value is -5.09. The van der Waals surface area contributed by atoms with Crippen LogP contribution in [0, 0.1) is 0 Å². The van der Waals surface area contributed by atoms with Gasteiger partial charge < -0.3 is 34.2 Å². The topological polar surface area (TPSA) is 231 Å². The Morgan fingerprint density at radius 1 is 0.262 bits per heavy atom. The van der Waals surface area contributed by atoms with Gasteiger partial charge in [-0.1, -0.05) is 319 Å². The molecule has 0 spiro atoms. The van der Waals surface area contributed by atoms with E-state index in [1.807, 2.05) is 0 Å². The van der Waals surface area contributed by atoms with Gasteiger partial charge in [0.15, 0.2) is 6.10 Å². The molecule has 0 saturated heterocycles. The first kappa shape index (κ1) is 102. The molecule has 0 aromatic heterocycles. The Morgan fingerprint density at radius 2 is 0.467 bits per heavy atom. The van der Waals surface area contributed by atoms with Crippen molar-refractivity contribution in [2.45, 2.75) is 334 Å². The number of aliphatic hydroxyl groups is 2. The molecule has 107 heavy (non-hydrogen) atoms. The van der Waals surface area contributed by atoms with Gasteiger partial charge in [0.05, 0.1) is 26.4 Å². The number of hydrogen-bond donors (Lipinski definition) is 4. The molecular formula is C89H148O16P2. The molecule has 5 unspecified atom stereocenters. The molecule has 0 aliphatic heterocycles. The SMILES string of the molecule is CC/C=C\C/C=C\C/C=C\C/C=C\C/C=C\C/C=C\CCCCC(=O)OCC(COP(=O)(O)OCC(O)COP(=O)(O)OCC(O)COC(=O)CCCCCCCCCCCCCCCCCCCCC/C=C\C/C=C\C/C=C\C/C=C\C/C=C\CC)OC(=O)CCCCCCC/C=C\C/C=C\C/C=C\CC. The van der Waals surface area contributed by atoms with Gasteiger partial charge in [0, 0.05) is 19.3 Å². The predicted molar refractivity (Wildman–Crippen MR) is 445 cm³/mol. The minimum absolute atomic E-state index is 0.0700. The lowest BCUT2D eigenvalue weighted by Gasteiger charge is -2.21. The number of rotatable bonds is 77. The van der Waals surface area contributed by atoms with Crippen molar-refractivity contribution in [3.63, 3.8) is 0 Å². The van der Waals surface area contributed by atoms with Crippen molar-refractivity contribution in [3.05, 3.63) is 170 Å². The van der Waals surface area contributed by atoms with Crippen LogP contribution in [0.15, 0.2) is 170 Å². The lowest BCUT2D eigenvalue weighted by atomic mass is 10.0. The number of aliphatic hydroxyl groups excluding tert-OH is 2. The second kappa shape index (κ2) is 80.4. The number of phosphoric acid groups is 2. The van der Waals surface area contributed by atoms with Crippen LogP contribution in [0.4, 0.5) is 0 Å². The third kappa shape index (κ3) is 81.7. The Morgan fingerprint density at radius 3 is 0.757 bits per heavy atom. The molecule has 610 valence electrons. The highest BCUT2D eigenvalue weighted by Gasteiger charge is 2.29. The lowest BCUT2D eigenvalue weighted by molar-refractivity contribution is -0.161. The Bertz CT molecular complexity index is 2620. The van der Waals surface area contributed by atoms with Crippen molar-refractivity contribution < 1.29 is 75.8 Å². The summed E-state index contributed by atoms with van der Waals surface area (Å²) in [5.74, 6) is -1.65. The molecule has 16 nitrogen and oxygen atoms in total. The molecule has 0 aliphatic rings. The molecule has 0 fully saturated rings. The fourth-order valence-corrected chi connectivity index (χ4v) is 12.3. The minimum Gasteiger partial charge on any atom is -0.463 e. The second-order valence-corrected chi connectivity index (χ2v) is 30.0. The van der Waals surface area contributed by atoms with Crippen LogP contribution in [0.3, 0.4) is 0 Å². The van der Waals surface area contributed by atoms with E-state index in [0.717, 1.165) is 154 Å². The lowest BCUT2D eigenvalue weighted by Crippen LogP contribution is -2.30. The number of hydrogen-bond acceptors (Lipinski definition) is 14. The van der Waals surface area contributed by atoms with Crippen molar-refractivity contribution in [1.29, 1.82) is 0 Å². The molecule has 0 bridgehead atoms. The second-order valence-electron chi connectivity index (χ2n) is 27.1. The van der Waals surface area contributed by atoms with Crippen LogP contribution < -0.4 is 0 Å². The number of ether oxygens (including phenoxy) is 3. The van der Waals surface area contributed by atoms with Crippen LogP contribution in [-0.2, 0) is 55.8 Å². The molecule has 0 heterocycles. The van der Waals surface area contributed by atoms with E-state index < -0.39 is 91.5 Å². The summed E-state index contributed by atoms with van der Waals surface area (Å²) >= 11 is 0. The summed E-state index contributed by atoms with van der Waals surface area (Å²) in [6, 6.07) is 0. The van der Waals surface area contributed by atoms with Gasteiger partial charge >= 0.3 is 33.6 Å². The highest BCUT2D eigenvalue weighted by Crippen LogP contribution is 2.45. The van der Waals surface area contributed by atoms with E-state index in [1.54, 1.807) is 0 Å². The van der Waals surface area contributed by atoms with Crippen LogP contribution in [0.25, 0.3) is 0 Å². The number of carbonyl (C=O) groups is 3. The molecule has 0 radical (unpaired) electrons. The maximum Gasteiger partial charge on any atom is 0.472 e. The monoisotopic (exact) mass is 1540 g/mol. The third-order valence-electron chi connectivity index (χ3n) is 16.9. The van der Waals surface area contributed by atoms with Crippen LogP contribution >= 0.6 is 15.6 Å². The highest BCUT2D eigenvalue weighted by atomic mass is 31.2. The largest absolute Gasteiger partial charge is 0.472 e. The van der Waals surface area contributed by atoms with Crippen molar-refractivity contribution in [3.8, 4) is 0 Å². The number of esters is 3. The van der Waals surface area contributed by atoms with Crippen LogP contribution in [-0.4, -0.2) is 95.9 Å². The van der Waals surface area contributed by atoms with Gasteiger partial charge in [0.2, 0.25) is 0 Å². The molecule has 0 aromatic rings. The van der Waals surface area contributed by atoms with Gasteiger partial charge in [-0.25, -0.2) is 9.13 Å². The van der Waals surface area contributed by atoms with Gasteiger partial charge in [0.25, 0.3) is 0 Å². The Labute approximate surface area is 650 Å². The summed E-state index contributed by atoms with van der Waals surface area (Å²) < 4.78 is 61.1. The van der Waals surface area contributed by atoms with E-state index >= 15 is 0 Å². The molecular weight excluding hydrogens is 1390 g/mol. The van der Waals surface area contributed by atoms with Crippen molar-refractivity contribution in [2.24, 2.45) is 0 Å². The van der Waals surface area contributed by atoms with Gasteiger partial charge in [-0.05, 0) is 148 Å². The average Bonchev–Trinajstić information content (AvgIpc) is 1.01. The Balaban J connectivity index is 4.46. The summed E-state index contributed by atoms with van der Waals surface area (Å²) in [4.78, 5) is 58.7. The maximum atomic E-state index is 13.0. The van der Waals surface area contributed by atoms with E-state index in [-0.39, 0.29) is 19.3 Å². The molecule has 5 atom stereocenters. The number of carbonyl (C=O) groups excluding carboxylic acids is 3. The van der Waals surface area contributed by atoms with Gasteiger partial charge in [0.1, 0.15) is 25.4 Å². The fourth-order valence-electron chi connectivity index (χ4n) is 10.7. The standard InChI is InChI=1S/C89H148O16P2/c1-4-7-10-13-16-19-22-25-28-30-32-34-35-36-37-38-39-40-41-42-43-44-45-46-47-49-51-52-55-57-60-63-66-69-72-75-87(92)99-78-84(90)79-101-106(95,96)102-80-85(91)81-103-107(97,98)104-83-86(105-89(94)77-74-71-68-65-62-59-54-27-24-21-18-15-12-9-6-3)82-100-88(93)76-73-70-67-64-61-58-56-53-50-48-33-31-29-26-23-20-17-14-11-8-5-2/h7-12,16-21,25-29,32-34,36-37,48,53-54,56,61,64,84-86,90-91H,4-6,13-15,22-24,30-31,35,38-47,49-52,55,57-60,62-63,65-83H2,1-3H3,(H,95,96)(H,97,98)/b10-7-,11-8-,12-9-,19-16-,20-17-,21-18-,28-25-,29-26-,34-32-,37-36-,48-33-,54-27-,56-53-,64-61-. The fraction of sp³-hybridized carbons (Fsp3) is 0.652. The summed E-state index contributed by atoms with van der Waals surface area (Å²) in [7, 11) is -9.82. The van der Waals surface area contributed by atoms with Gasteiger partial charge in [-0.3, -0.25) is 32.5 Å². The molecule has 0 aliphatic carbocycles. The summed E-state index contributed by atoms with van der Waals surface area (Å²) in [6.07, 6.45) is 103. The third-order valence-corrected chi connectivity index (χ3v) is 18.8. The van der Waals surface area contributed by atoms with Crippen molar-refractivity contribution >= 4 is 33.6 Å². The van der Waals surface area contributed by atoms with Crippen molar-refractivity contribution in [2.75, 3.05) is 39.6 Å². The van der Waals surface area contributed by atoms with E-state index in [4.69, 9.17) is 32.3 Å². The molecule has 4 N–H and O–H groups in total. The summed E-state index contributed by atoms with van der Waals surface area (Å²) in [6.45, 7) is 2.27. The molecule has 0 rings (SSSR count). The smallest absolute Gasteiger partial charge is 0.463 e. The quantitative estimate of drug-likeness (QED) is 0.0146. The van der Waals surface area contributed by atoms with E-state index in [2.05, 4.69) is 191 Å². The van der Waals surface area contributed by atoms with E-state index in [9.17, 15) is 43.5 Å². The Kier molecular flexibility index (Phi) is 76.6. The minimum atomic E-state index is -4.95. The molecule has 0 saturated carbocycles. The zero-order valence-corrected chi connectivity index (χ0v) is 68.5. The number of unbranched alkanes of at least 4 members (excludes halogenated alkanes) is 26. The van der Waals surface area contributed by atoms with Gasteiger partial charge in [-0.2, -0.15) is 0 Å². The van der Waals surface area contributed by atoms with Crippen LogP contribution in [0.1, 0.15) is 316 Å². The number of phosphoric ester groups is 2.